The Balaban J connectivity index is 1.42. The number of pyridine rings is 1. The van der Waals surface area contributed by atoms with Gasteiger partial charge < -0.3 is 19.5 Å². The number of rotatable bonds is 6. The van der Waals surface area contributed by atoms with Gasteiger partial charge in [-0.1, -0.05) is 18.7 Å². The summed E-state index contributed by atoms with van der Waals surface area (Å²) in [6.07, 6.45) is 9.36. The molecule has 5 aromatic rings. The molecule has 1 amide bonds. The van der Waals surface area contributed by atoms with Crippen LogP contribution in [0.15, 0.2) is 84.5 Å². The molecule has 0 aliphatic heterocycles. The van der Waals surface area contributed by atoms with E-state index >= 15 is 0 Å². The van der Waals surface area contributed by atoms with Gasteiger partial charge in [0.2, 0.25) is 17.7 Å². The van der Waals surface area contributed by atoms with Crippen LogP contribution in [-0.4, -0.2) is 30.8 Å². The number of benzene rings is 1. The standard InChI is InChI=1S/C23H16N6O3/c1-2-19(30)28-15-4-3-5-16(10-15)32-20-13-27-22-21(29-20)17(12-26-22)14-6-7-18(25-11-14)23-24-8-9-31-23/h2-13H,1H2,(H,26,27)(H,28,30). The fourth-order valence-corrected chi connectivity index (χ4v) is 3.13. The summed E-state index contributed by atoms with van der Waals surface area (Å²) in [4.78, 5) is 32.2. The summed E-state index contributed by atoms with van der Waals surface area (Å²) in [6, 6.07) is 10.7. The molecule has 0 spiro atoms. The molecule has 1 aromatic carbocycles. The van der Waals surface area contributed by atoms with E-state index < -0.39 is 0 Å². The monoisotopic (exact) mass is 424 g/mol. The average molecular weight is 424 g/mol. The molecule has 4 aromatic heterocycles. The number of aromatic amines is 1. The molecule has 156 valence electrons. The van der Waals surface area contributed by atoms with E-state index in [0.29, 0.717) is 40.1 Å². The van der Waals surface area contributed by atoms with Gasteiger partial charge in [-0.15, -0.1) is 0 Å². The van der Waals surface area contributed by atoms with Crippen LogP contribution in [0.1, 0.15) is 0 Å². The number of oxazole rings is 1. The van der Waals surface area contributed by atoms with Gasteiger partial charge in [0.25, 0.3) is 0 Å². The normalized spacial score (nSPS) is 10.8. The molecule has 0 saturated carbocycles. The molecule has 0 radical (unpaired) electrons. The van der Waals surface area contributed by atoms with Crippen LogP contribution < -0.4 is 10.1 Å². The van der Waals surface area contributed by atoms with E-state index in [2.05, 4.69) is 36.8 Å². The Morgan fingerprint density at radius 1 is 1.16 bits per heavy atom. The van der Waals surface area contributed by atoms with Crippen LogP contribution in [0.25, 0.3) is 33.9 Å². The predicted molar refractivity (Wildman–Crippen MR) is 118 cm³/mol. The van der Waals surface area contributed by atoms with Crippen molar-refractivity contribution in [2.75, 3.05) is 5.32 Å². The summed E-state index contributed by atoms with van der Waals surface area (Å²) in [6.45, 7) is 3.44. The number of aromatic nitrogens is 5. The summed E-state index contributed by atoms with van der Waals surface area (Å²) >= 11 is 0. The fourth-order valence-electron chi connectivity index (χ4n) is 3.13. The van der Waals surface area contributed by atoms with Gasteiger partial charge >= 0.3 is 0 Å². The molecule has 0 saturated heterocycles. The molecule has 0 aliphatic rings. The maximum atomic E-state index is 11.5. The fraction of sp³-hybridized carbons (Fsp3) is 0. The van der Waals surface area contributed by atoms with Crippen LogP contribution >= 0.6 is 0 Å². The molecule has 4 heterocycles. The summed E-state index contributed by atoms with van der Waals surface area (Å²) in [7, 11) is 0. The minimum Gasteiger partial charge on any atom is -0.443 e. The molecular formula is C23H16N6O3. The highest BCUT2D eigenvalue weighted by Gasteiger charge is 2.12. The third-order valence-electron chi connectivity index (χ3n) is 4.59. The maximum absolute atomic E-state index is 11.5. The Morgan fingerprint density at radius 3 is 2.88 bits per heavy atom. The van der Waals surface area contributed by atoms with Crippen LogP contribution in [0.2, 0.25) is 0 Å². The molecule has 2 N–H and O–H groups in total. The lowest BCUT2D eigenvalue weighted by atomic mass is 10.1. The molecule has 0 aliphatic carbocycles. The Kier molecular flexibility index (Phi) is 4.89. The second-order valence-electron chi connectivity index (χ2n) is 6.70. The Morgan fingerprint density at radius 2 is 2.09 bits per heavy atom. The smallest absolute Gasteiger partial charge is 0.247 e. The number of nitrogens with zero attached hydrogens (tertiary/aromatic N) is 4. The number of carbonyl (C=O) groups excluding carboxylic acids is 1. The Labute approximate surface area is 181 Å². The van der Waals surface area contributed by atoms with Crippen LogP contribution in [-0.2, 0) is 4.79 Å². The molecule has 0 fully saturated rings. The minimum atomic E-state index is -0.303. The summed E-state index contributed by atoms with van der Waals surface area (Å²) in [5, 5.41) is 2.69. The van der Waals surface area contributed by atoms with Crippen molar-refractivity contribution >= 4 is 22.8 Å². The van der Waals surface area contributed by atoms with Crippen LogP contribution in [0.5, 0.6) is 11.6 Å². The quantitative estimate of drug-likeness (QED) is 0.383. The van der Waals surface area contributed by atoms with E-state index in [1.807, 2.05) is 18.3 Å². The molecular weight excluding hydrogens is 408 g/mol. The zero-order chi connectivity index (χ0) is 21.9. The number of ether oxygens (including phenoxy) is 1. The number of amides is 1. The Hall–Kier alpha value is -4.79. The van der Waals surface area contributed by atoms with E-state index in [4.69, 9.17) is 9.15 Å². The summed E-state index contributed by atoms with van der Waals surface area (Å²) in [5.41, 5.74) is 4.17. The van der Waals surface area contributed by atoms with Gasteiger partial charge in [0.05, 0.1) is 12.4 Å². The molecule has 0 atom stereocenters. The molecule has 0 bridgehead atoms. The predicted octanol–water partition coefficient (Wildman–Crippen LogP) is 4.59. The van der Waals surface area contributed by atoms with Crippen molar-refractivity contribution in [1.29, 1.82) is 0 Å². The zero-order valence-electron chi connectivity index (χ0n) is 16.6. The highest BCUT2D eigenvalue weighted by atomic mass is 16.5. The number of hydrogen-bond donors (Lipinski definition) is 2. The van der Waals surface area contributed by atoms with Gasteiger partial charge in [-0.2, -0.15) is 0 Å². The van der Waals surface area contributed by atoms with Crippen LogP contribution in [0.3, 0.4) is 0 Å². The molecule has 5 rings (SSSR count). The number of anilines is 1. The van der Waals surface area contributed by atoms with Crippen molar-refractivity contribution in [2.24, 2.45) is 0 Å². The number of hydrogen-bond acceptors (Lipinski definition) is 7. The molecule has 0 unspecified atom stereocenters. The van der Waals surface area contributed by atoms with Crippen molar-refractivity contribution in [1.82, 2.24) is 24.9 Å². The van der Waals surface area contributed by atoms with Gasteiger partial charge in [0.15, 0.2) is 5.65 Å². The van der Waals surface area contributed by atoms with Gasteiger partial charge in [0, 0.05) is 35.3 Å². The van der Waals surface area contributed by atoms with E-state index in [9.17, 15) is 4.79 Å². The zero-order valence-corrected chi connectivity index (χ0v) is 16.6. The first-order valence-corrected chi connectivity index (χ1v) is 9.61. The van der Waals surface area contributed by atoms with Crippen LogP contribution in [0, 0.1) is 0 Å². The molecule has 9 heteroatoms. The van der Waals surface area contributed by atoms with Gasteiger partial charge in [-0.3, -0.25) is 9.78 Å². The van der Waals surface area contributed by atoms with Crippen LogP contribution in [0.4, 0.5) is 5.69 Å². The van der Waals surface area contributed by atoms with Gasteiger partial charge in [-0.25, -0.2) is 15.0 Å². The maximum Gasteiger partial charge on any atom is 0.247 e. The van der Waals surface area contributed by atoms with Crippen molar-refractivity contribution in [3.05, 3.63) is 80.1 Å². The van der Waals surface area contributed by atoms with Gasteiger partial charge in [-0.05, 0) is 24.3 Å². The third kappa shape index (κ3) is 3.82. The molecule has 9 nitrogen and oxygen atoms in total. The van der Waals surface area contributed by atoms with Gasteiger partial charge in [0.1, 0.15) is 23.2 Å². The largest absolute Gasteiger partial charge is 0.443 e. The lowest BCUT2D eigenvalue weighted by molar-refractivity contribution is -0.111. The summed E-state index contributed by atoms with van der Waals surface area (Å²) < 4.78 is 11.2. The highest BCUT2D eigenvalue weighted by molar-refractivity contribution is 5.99. The lowest BCUT2D eigenvalue weighted by Gasteiger charge is -2.07. The van der Waals surface area contributed by atoms with Crippen molar-refractivity contribution in [3.8, 4) is 34.3 Å². The summed E-state index contributed by atoms with van der Waals surface area (Å²) in [5.74, 6) is 0.977. The Bertz CT molecular complexity index is 1410. The van der Waals surface area contributed by atoms with E-state index in [0.717, 1.165) is 11.1 Å². The minimum absolute atomic E-state index is 0.303. The van der Waals surface area contributed by atoms with Crippen molar-refractivity contribution < 1.29 is 13.9 Å². The number of nitrogens with one attached hydrogen (secondary N) is 2. The number of carbonyl (C=O) groups is 1. The van der Waals surface area contributed by atoms with E-state index in [1.165, 1.54) is 18.5 Å². The first-order chi connectivity index (χ1) is 15.7. The first-order valence-electron chi connectivity index (χ1n) is 9.61. The number of fused-ring (bicyclic) bond motifs is 1. The first kappa shape index (κ1) is 19.2. The van der Waals surface area contributed by atoms with Crippen molar-refractivity contribution in [3.63, 3.8) is 0 Å². The van der Waals surface area contributed by atoms with Crippen molar-refractivity contribution in [2.45, 2.75) is 0 Å². The second kappa shape index (κ2) is 8.15. The van der Waals surface area contributed by atoms with E-state index in [-0.39, 0.29) is 5.91 Å². The lowest BCUT2D eigenvalue weighted by Crippen LogP contribution is -2.07. The third-order valence-corrected chi connectivity index (χ3v) is 4.59. The highest BCUT2D eigenvalue weighted by Crippen LogP contribution is 2.30. The van der Waals surface area contributed by atoms with E-state index in [1.54, 1.807) is 36.7 Å². The SMILES string of the molecule is C=CC(=O)Nc1cccc(Oc2cnc3[nH]cc(-c4ccc(-c5ncco5)nc4)c3n2)c1. The average Bonchev–Trinajstić information content (AvgIpc) is 3.50. The topological polar surface area (TPSA) is 119 Å². The number of H-pyrrole nitrogens is 1. The molecule has 32 heavy (non-hydrogen) atoms. The second-order valence-corrected chi connectivity index (χ2v) is 6.70.